The molecule has 1 N–H and O–H groups in total. The van der Waals surface area contributed by atoms with Crippen LogP contribution < -0.4 is 5.32 Å². The Bertz CT molecular complexity index is 624. The maximum atomic E-state index is 13.5. The zero-order valence-electron chi connectivity index (χ0n) is 10.3. The molecular weight excluding hydrogens is 347 g/mol. The van der Waals surface area contributed by atoms with E-state index < -0.39 is 4.83 Å². The van der Waals surface area contributed by atoms with E-state index >= 15 is 0 Å². The van der Waals surface area contributed by atoms with Crippen LogP contribution in [0.1, 0.15) is 5.56 Å². The van der Waals surface area contributed by atoms with Gasteiger partial charge in [-0.25, -0.2) is 9.37 Å². The number of pyridine rings is 1. The Morgan fingerprint density at radius 3 is 2.80 bits per heavy atom. The molecule has 0 bridgehead atoms. The summed E-state index contributed by atoms with van der Waals surface area (Å²) in [5.41, 5.74) is 0.902. The summed E-state index contributed by atoms with van der Waals surface area (Å²) in [6.45, 7) is 0. The molecule has 0 saturated carbocycles. The monoisotopic (exact) mass is 356 g/mol. The molecule has 1 aromatic carbocycles. The summed E-state index contributed by atoms with van der Waals surface area (Å²) in [6.07, 6.45) is 1.78. The van der Waals surface area contributed by atoms with Crippen LogP contribution in [-0.4, -0.2) is 15.7 Å². The second-order valence-electron chi connectivity index (χ2n) is 4.09. The van der Waals surface area contributed by atoms with Crippen LogP contribution in [0.15, 0.2) is 42.6 Å². The minimum absolute atomic E-state index is 0.214. The first kappa shape index (κ1) is 14.9. The van der Waals surface area contributed by atoms with Crippen LogP contribution in [0.3, 0.4) is 0 Å². The number of alkyl halides is 1. The summed E-state index contributed by atoms with van der Waals surface area (Å²) in [4.78, 5) is 15.3. The van der Waals surface area contributed by atoms with Crippen LogP contribution in [0.4, 0.5) is 10.1 Å². The van der Waals surface area contributed by atoms with Crippen molar-refractivity contribution in [3.8, 4) is 0 Å². The smallest absolute Gasteiger partial charge is 0.238 e. The number of anilines is 1. The van der Waals surface area contributed by atoms with Gasteiger partial charge in [0.15, 0.2) is 5.15 Å². The zero-order valence-corrected chi connectivity index (χ0v) is 12.7. The Balaban J connectivity index is 2.03. The van der Waals surface area contributed by atoms with Crippen molar-refractivity contribution in [1.82, 2.24) is 4.98 Å². The molecule has 0 aliphatic carbocycles. The predicted molar refractivity (Wildman–Crippen MR) is 80.7 cm³/mol. The maximum Gasteiger partial charge on any atom is 0.238 e. The summed E-state index contributed by atoms with van der Waals surface area (Å²) in [5, 5.41) is 2.86. The van der Waals surface area contributed by atoms with Gasteiger partial charge in [0, 0.05) is 6.20 Å². The largest absolute Gasteiger partial charge is 0.322 e. The van der Waals surface area contributed by atoms with Crippen LogP contribution in [0.2, 0.25) is 5.15 Å². The third kappa shape index (κ3) is 3.77. The average molecular weight is 358 g/mol. The third-order valence-electron chi connectivity index (χ3n) is 2.66. The topological polar surface area (TPSA) is 42.0 Å². The molecule has 0 spiro atoms. The number of aromatic nitrogens is 1. The Hall–Kier alpha value is -1.46. The van der Waals surface area contributed by atoms with Crippen molar-refractivity contribution in [1.29, 1.82) is 0 Å². The van der Waals surface area contributed by atoms with Gasteiger partial charge in [0.2, 0.25) is 5.91 Å². The molecule has 0 aliphatic heterocycles. The first-order chi connectivity index (χ1) is 9.58. The number of nitrogens with one attached hydrogen (secondary N) is 1. The van der Waals surface area contributed by atoms with E-state index in [1.165, 1.54) is 12.3 Å². The fourth-order valence-corrected chi connectivity index (χ4v) is 2.27. The number of carbonyl (C=O) groups is 1. The number of rotatable bonds is 4. The third-order valence-corrected chi connectivity index (χ3v) is 3.70. The van der Waals surface area contributed by atoms with Crippen molar-refractivity contribution in [2.45, 2.75) is 11.2 Å². The fraction of sp³-hybridized carbons (Fsp3) is 0.143. The SMILES string of the molecule is O=C(Nc1cccnc1Cl)C(Br)Cc1ccccc1F. The maximum absolute atomic E-state index is 13.5. The minimum atomic E-state index is -0.560. The Kier molecular flexibility index (Phi) is 5.09. The van der Waals surface area contributed by atoms with Gasteiger partial charge in [0.25, 0.3) is 0 Å². The number of amides is 1. The summed E-state index contributed by atoms with van der Waals surface area (Å²) in [6, 6.07) is 9.67. The Morgan fingerprint density at radius 1 is 1.35 bits per heavy atom. The highest BCUT2D eigenvalue weighted by molar-refractivity contribution is 9.10. The molecule has 0 saturated heterocycles. The minimum Gasteiger partial charge on any atom is -0.322 e. The van der Waals surface area contributed by atoms with Crippen molar-refractivity contribution < 1.29 is 9.18 Å². The normalized spacial score (nSPS) is 11.9. The summed E-state index contributed by atoms with van der Waals surface area (Å²) in [5.74, 6) is -0.632. The zero-order chi connectivity index (χ0) is 14.5. The number of hydrogen-bond donors (Lipinski definition) is 1. The molecule has 0 radical (unpaired) electrons. The molecule has 2 aromatic rings. The summed E-state index contributed by atoms with van der Waals surface area (Å²) < 4.78 is 13.5. The number of hydrogen-bond acceptors (Lipinski definition) is 2. The second-order valence-corrected chi connectivity index (χ2v) is 5.56. The van der Waals surface area contributed by atoms with E-state index in [2.05, 4.69) is 26.2 Å². The summed E-state index contributed by atoms with van der Waals surface area (Å²) >= 11 is 9.11. The molecule has 1 atom stereocenters. The molecule has 1 heterocycles. The lowest BCUT2D eigenvalue weighted by Crippen LogP contribution is -2.25. The van der Waals surface area contributed by atoms with E-state index in [4.69, 9.17) is 11.6 Å². The molecule has 20 heavy (non-hydrogen) atoms. The fourth-order valence-electron chi connectivity index (χ4n) is 1.64. The highest BCUT2D eigenvalue weighted by Gasteiger charge is 2.18. The summed E-state index contributed by atoms with van der Waals surface area (Å²) in [7, 11) is 0. The quantitative estimate of drug-likeness (QED) is 0.668. The Morgan fingerprint density at radius 2 is 2.10 bits per heavy atom. The van der Waals surface area contributed by atoms with E-state index in [1.807, 2.05) is 0 Å². The van der Waals surface area contributed by atoms with Crippen molar-refractivity contribution in [2.24, 2.45) is 0 Å². The van der Waals surface area contributed by atoms with E-state index in [9.17, 15) is 9.18 Å². The molecule has 0 fully saturated rings. The molecule has 0 aliphatic rings. The van der Waals surface area contributed by atoms with Gasteiger partial charge in [-0.15, -0.1) is 0 Å². The van der Waals surface area contributed by atoms with Gasteiger partial charge in [-0.2, -0.15) is 0 Å². The van der Waals surface area contributed by atoms with E-state index in [0.29, 0.717) is 11.3 Å². The molecule has 1 aromatic heterocycles. The lowest BCUT2D eigenvalue weighted by Gasteiger charge is -2.12. The lowest BCUT2D eigenvalue weighted by atomic mass is 10.1. The molecule has 1 unspecified atom stereocenters. The van der Waals surface area contributed by atoms with E-state index in [0.717, 1.165) is 0 Å². The van der Waals surface area contributed by atoms with Crippen LogP contribution >= 0.6 is 27.5 Å². The molecule has 3 nitrogen and oxygen atoms in total. The van der Waals surface area contributed by atoms with Gasteiger partial charge in [-0.3, -0.25) is 4.79 Å². The number of benzene rings is 1. The second kappa shape index (κ2) is 6.81. The molecule has 2 rings (SSSR count). The number of carbonyl (C=O) groups excluding carboxylic acids is 1. The van der Waals surface area contributed by atoms with E-state index in [1.54, 1.807) is 30.3 Å². The average Bonchev–Trinajstić information content (AvgIpc) is 2.43. The van der Waals surface area contributed by atoms with Crippen LogP contribution in [0.25, 0.3) is 0 Å². The lowest BCUT2D eigenvalue weighted by molar-refractivity contribution is -0.115. The van der Waals surface area contributed by atoms with Crippen LogP contribution in [-0.2, 0) is 11.2 Å². The highest BCUT2D eigenvalue weighted by atomic mass is 79.9. The molecule has 104 valence electrons. The van der Waals surface area contributed by atoms with Crippen molar-refractivity contribution in [3.05, 3.63) is 59.1 Å². The van der Waals surface area contributed by atoms with Crippen molar-refractivity contribution >= 4 is 39.1 Å². The number of nitrogens with zero attached hydrogens (tertiary/aromatic N) is 1. The predicted octanol–water partition coefficient (Wildman–Crippen LogP) is 3.82. The van der Waals surface area contributed by atoms with E-state index in [-0.39, 0.29) is 23.3 Å². The number of halogens is 3. The first-order valence-electron chi connectivity index (χ1n) is 5.87. The van der Waals surface area contributed by atoms with Gasteiger partial charge in [0.1, 0.15) is 5.82 Å². The van der Waals surface area contributed by atoms with Gasteiger partial charge < -0.3 is 5.32 Å². The molecule has 6 heteroatoms. The molecule has 1 amide bonds. The molecular formula is C14H11BrClFN2O. The van der Waals surface area contributed by atoms with Gasteiger partial charge in [-0.1, -0.05) is 45.7 Å². The van der Waals surface area contributed by atoms with Gasteiger partial charge in [-0.05, 0) is 30.2 Å². The van der Waals surface area contributed by atoms with Crippen LogP contribution in [0.5, 0.6) is 0 Å². The van der Waals surface area contributed by atoms with Crippen LogP contribution in [0, 0.1) is 5.82 Å². The highest BCUT2D eigenvalue weighted by Crippen LogP contribution is 2.20. The van der Waals surface area contributed by atoms with Crippen molar-refractivity contribution in [2.75, 3.05) is 5.32 Å². The Labute approximate surface area is 129 Å². The van der Waals surface area contributed by atoms with Crippen molar-refractivity contribution in [3.63, 3.8) is 0 Å². The standard InChI is InChI=1S/C14H11BrClFN2O/c15-10(8-9-4-1-2-5-11(9)17)14(20)19-12-6-3-7-18-13(12)16/h1-7,10H,8H2,(H,19,20). The van der Waals surface area contributed by atoms with Gasteiger partial charge >= 0.3 is 0 Å². The first-order valence-corrected chi connectivity index (χ1v) is 7.16. The van der Waals surface area contributed by atoms with Gasteiger partial charge in [0.05, 0.1) is 10.5 Å².